The molecule has 1 aliphatic heterocycles. The molecule has 1 unspecified atom stereocenters. The quantitative estimate of drug-likeness (QED) is 0.783. The fraction of sp³-hybridized carbons (Fsp3) is 0.667. The van der Waals surface area contributed by atoms with Crippen LogP contribution in [0.25, 0.3) is 0 Å². The molecule has 1 aromatic rings. The Labute approximate surface area is 106 Å². The first kappa shape index (κ1) is 13.5. The van der Waals surface area contributed by atoms with Crippen molar-refractivity contribution in [2.45, 2.75) is 29.9 Å². The monoisotopic (exact) mass is 293 g/mol. The molecule has 18 heavy (non-hydrogen) atoms. The molecule has 2 rings (SSSR count). The molecule has 102 valence electrons. The van der Waals surface area contributed by atoms with Gasteiger partial charge in [0.1, 0.15) is 4.90 Å². The fourth-order valence-electron chi connectivity index (χ4n) is 1.98. The Hall–Kier alpha value is -0.930. The third-order valence-corrected chi connectivity index (χ3v) is 6.85. The van der Waals surface area contributed by atoms with Crippen LogP contribution in [0.2, 0.25) is 0 Å². The average molecular weight is 293 g/mol. The Morgan fingerprint density at radius 1 is 1.56 bits per heavy atom. The van der Waals surface area contributed by atoms with E-state index in [1.165, 1.54) is 6.20 Å². The number of nitrogens with one attached hydrogen (secondary N) is 2. The molecule has 2 heterocycles. The van der Waals surface area contributed by atoms with Crippen LogP contribution >= 0.6 is 0 Å². The lowest BCUT2D eigenvalue weighted by Crippen LogP contribution is -2.34. The smallest absolute Gasteiger partial charge is 0.243 e. The molecule has 1 atom stereocenters. The summed E-state index contributed by atoms with van der Waals surface area (Å²) in [5.41, 5.74) is 0.428. The number of rotatable bonds is 4. The van der Waals surface area contributed by atoms with Crippen LogP contribution in [-0.4, -0.2) is 44.6 Å². The highest BCUT2D eigenvalue weighted by Crippen LogP contribution is 2.20. The summed E-state index contributed by atoms with van der Waals surface area (Å²) >= 11 is 0. The number of hydrogen-bond donors (Lipinski definition) is 2. The second kappa shape index (κ2) is 4.63. The van der Waals surface area contributed by atoms with Crippen LogP contribution in [0.15, 0.2) is 11.1 Å². The Kier molecular flexibility index (Phi) is 3.47. The lowest BCUT2D eigenvalue weighted by molar-refractivity contribution is 0.570. The van der Waals surface area contributed by atoms with Gasteiger partial charge in [0.2, 0.25) is 10.0 Å². The lowest BCUT2D eigenvalue weighted by Gasteiger charge is -2.10. The molecule has 2 N–H and O–H groups in total. The summed E-state index contributed by atoms with van der Waals surface area (Å²) in [5.74, 6) is 0.143. The van der Waals surface area contributed by atoms with Crippen molar-refractivity contribution in [3.05, 3.63) is 11.9 Å². The number of sulfone groups is 1. The van der Waals surface area contributed by atoms with Gasteiger partial charge in [0.25, 0.3) is 0 Å². The molecule has 1 fully saturated rings. The molecule has 1 saturated heterocycles. The van der Waals surface area contributed by atoms with Crippen molar-refractivity contribution in [3.8, 4) is 0 Å². The van der Waals surface area contributed by atoms with Crippen LogP contribution in [0.5, 0.6) is 0 Å². The van der Waals surface area contributed by atoms with E-state index >= 15 is 0 Å². The maximum absolute atomic E-state index is 11.9. The molecule has 0 aromatic carbocycles. The van der Waals surface area contributed by atoms with Gasteiger partial charge in [-0.15, -0.1) is 0 Å². The van der Waals surface area contributed by atoms with E-state index in [4.69, 9.17) is 0 Å². The largest absolute Gasteiger partial charge is 0.281 e. The Morgan fingerprint density at radius 2 is 2.28 bits per heavy atom. The average Bonchev–Trinajstić information content (AvgIpc) is 2.82. The molecule has 7 nitrogen and oxygen atoms in total. The topological polar surface area (TPSA) is 109 Å². The van der Waals surface area contributed by atoms with Crippen LogP contribution in [0.4, 0.5) is 0 Å². The Bertz CT molecular complexity index is 633. The van der Waals surface area contributed by atoms with Crippen LogP contribution in [0, 0.1) is 6.92 Å². The molecular weight excluding hydrogens is 278 g/mol. The maximum Gasteiger partial charge on any atom is 0.243 e. The molecule has 9 heteroatoms. The van der Waals surface area contributed by atoms with Crippen molar-refractivity contribution in [3.63, 3.8) is 0 Å². The van der Waals surface area contributed by atoms with Gasteiger partial charge < -0.3 is 0 Å². The molecule has 1 aliphatic rings. The van der Waals surface area contributed by atoms with Crippen molar-refractivity contribution >= 4 is 19.9 Å². The molecule has 0 saturated carbocycles. The van der Waals surface area contributed by atoms with E-state index in [2.05, 4.69) is 14.9 Å². The number of aromatic nitrogens is 2. The van der Waals surface area contributed by atoms with Gasteiger partial charge in [-0.05, 0) is 19.8 Å². The Morgan fingerprint density at radius 3 is 2.78 bits per heavy atom. The maximum atomic E-state index is 11.9. The molecule has 1 aromatic heterocycles. The second-order valence-electron chi connectivity index (χ2n) is 4.34. The number of hydrogen-bond acceptors (Lipinski definition) is 5. The molecule has 0 bridgehead atoms. The predicted octanol–water partition coefficient (Wildman–Crippen LogP) is -0.426. The summed E-state index contributed by atoms with van der Waals surface area (Å²) in [6, 6.07) is 0. The predicted molar refractivity (Wildman–Crippen MR) is 65.3 cm³/mol. The van der Waals surface area contributed by atoms with E-state index < -0.39 is 25.1 Å². The first-order valence-corrected chi connectivity index (χ1v) is 8.74. The van der Waals surface area contributed by atoms with E-state index in [0.717, 1.165) is 0 Å². The minimum atomic E-state index is -3.69. The van der Waals surface area contributed by atoms with Gasteiger partial charge in [0, 0.05) is 6.54 Å². The number of aryl methyl sites for hydroxylation is 1. The van der Waals surface area contributed by atoms with Gasteiger partial charge in [-0.25, -0.2) is 21.6 Å². The number of aromatic amines is 1. The van der Waals surface area contributed by atoms with Crippen molar-refractivity contribution in [2.24, 2.45) is 0 Å². The van der Waals surface area contributed by atoms with Gasteiger partial charge in [-0.3, -0.25) is 5.10 Å². The summed E-state index contributed by atoms with van der Waals surface area (Å²) in [5, 5.41) is 5.55. The highest BCUT2D eigenvalue weighted by atomic mass is 32.2. The summed E-state index contributed by atoms with van der Waals surface area (Å²) in [6.45, 7) is 1.52. The van der Waals surface area contributed by atoms with Gasteiger partial charge in [-0.1, -0.05) is 0 Å². The number of sulfonamides is 1. The zero-order chi connectivity index (χ0) is 13.4. The van der Waals surface area contributed by atoms with Crippen molar-refractivity contribution in [2.75, 3.05) is 12.3 Å². The van der Waals surface area contributed by atoms with E-state index in [1.807, 2.05) is 0 Å². The summed E-state index contributed by atoms with van der Waals surface area (Å²) in [4.78, 5) is 0.0536. The zero-order valence-corrected chi connectivity index (χ0v) is 11.5. The highest BCUT2D eigenvalue weighted by molar-refractivity contribution is 7.92. The van der Waals surface area contributed by atoms with Gasteiger partial charge in [-0.2, -0.15) is 5.10 Å². The summed E-state index contributed by atoms with van der Waals surface area (Å²) in [7, 11) is -6.83. The van der Waals surface area contributed by atoms with Crippen LogP contribution < -0.4 is 4.72 Å². The lowest BCUT2D eigenvalue weighted by atomic mass is 10.2. The fourth-order valence-corrected chi connectivity index (χ4v) is 5.07. The molecule has 0 radical (unpaired) electrons. The van der Waals surface area contributed by atoms with E-state index in [9.17, 15) is 16.8 Å². The normalized spacial score (nSPS) is 23.3. The first-order valence-electron chi connectivity index (χ1n) is 5.54. The SMILES string of the molecule is Cc1[nH]ncc1S(=O)(=O)NCC1CCCS1(=O)=O. The minimum Gasteiger partial charge on any atom is -0.281 e. The first-order chi connectivity index (χ1) is 8.33. The van der Waals surface area contributed by atoms with E-state index in [-0.39, 0.29) is 17.2 Å². The van der Waals surface area contributed by atoms with Crippen molar-refractivity contribution in [1.82, 2.24) is 14.9 Å². The van der Waals surface area contributed by atoms with Crippen molar-refractivity contribution < 1.29 is 16.8 Å². The van der Waals surface area contributed by atoms with Gasteiger partial charge >= 0.3 is 0 Å². The van der Waals surface area contributed by atoms with Crippen molar-refractivity contribution in [1.29, 1.82) is 0 Å². The highest BCUT2D eigenvalue weighted by Gasteiger charge is 2.32. The third kappa shape index (κ3) is 2.57. The Balaban J connectivity index is 2.09. The molecular formula is C9H15N3O4S2. The molecule has 0 aliphatic carbocycles. The number of nitrogens with zero attached hydrogens (tertiary/aromatic N) is 1. The van der Waals surface area contributed by atoms with Crippen LogP contribution in [0.3, 0.4) is 0 Å². The van der Waals surface area contributed by atoms with Gasteiger partial charge in [0.05, 0.1) is 22.9 Å². The number of H-pyrrole nitrogens is 1. The minimum absolute atomic E-state index is 0.0536. The molecule has 0 spiro atoms. The standard InChI is InChI=1S/C9H15N3O4S2/c1-7-9(6-10-12-7)18(15,16)11-5-8-3-2-4-17(8,13)14/h6,8,11H,2-5H2,1H3,(H,10,12). The van der Waals surface area contributed by atoms with Crippen LogP contribution in [0.1, 0.15) is 18.5 Å². The summed E-state index contributed by atoms with van der Waals surface area (Å²) < 4.78 is 49.3. The van der Waals surface area contributed by atoms with Gasteiger partial charge in [0.15, 0.2) is 9.84 Å². The van der Waals surface area contributed by atoms with E-state index in [1.54, 1.807) is 6.92 Å². The van der Waals surface area contributed by atoms with E-state index in [0.29, 0.717) is 18.5 Å². The second-order valence-corrected chi connectivity index (χ2v) is 8.48. The van der Waals surface area contributed by atoms with Crippen LogP contribution in [-0.2, 0) is 19.9 Å². The zero-order valence-electron chi connectivity index (χ0n) is 9.88. The summed E-state index contributed by atoms with van der Waals surface area (Å²) in [6.07, 6.45) is 2.31. The molecule has 0 amide bonds. The third-order valence-electron chi connectivity index (χ3n) is 3.04.